The van der Waals surface area contributed by atoms with Gasteiger partial charge in [-0.3, -0.25) is 14.3 Å². The van der Waals surface area contributed by atoms with Crippen molar-refractivity contribution in [1.29, 1.82) is 0 Å². The molecule has 2 aromatic heterocycles. The summed E-state index contributed by atoms with van der Waals surface area (Å²) in [5.74, 6) is -1.11. The average Bonchev–Trinajstić information content (AvgIpc) is 2.85. The molecular weight excluding hydrogens is 352 g/mol. The van der Waals surface area contributed by atoms with Crippen LogP contribution in [-0.2, 0) is 13.0 Å². The number of nitrogens with zero attached hydrogens (tertiary/aromatic N) is 1. The molecule has 2 heterocycles. The molecule has 0 aliphatic heterocycles. The second-order valence-corrected chi connectivity index (χ2v) is 6.72. The number of hydrogen-bond donors (Lipinski definition) is 2. The normalized spacial score (nSPS) is 11.1. The molecule has 0 saturated carbocycles. The van der Waals surface area contributed by atoms with Crippen molar-refractivity contribution in [3.63, 3.8) is 0 Å². The number of aromatic nitrogens is 2. The Bertz CT molecular complexity index is 1060. The van der Waals surface area contributed by atoms with Crippen molar-refractivity contribution in [2.24, 2.45) is 0 Å². The molecule has 0 aliphatic carbocycles. The first-order valence-corrected chi connectivity index (χ1v) is 8.32. The fourth-order valence-corrected chi connectivity index (χ4v) is 3.85. The third-order valence-corrected chi connectivity index (χ3v) is 5.39. The minimum absolute atomic E-state index is 0.0570. The standard InChI is InChI=1S/C16H13ClN2O4S/c1-8-11-13(24-12(8)15(21)22)18-16(23)19(14(11)20)7-6-9-4-2-3-5-10(9)17/h2-5H,6-7H2,1H3,(H,18,23)(H,21,22). The fraction of sp³-hybridized carbons (Fsp3) is 0.188. The Hall–Kier alpha value is -2.38. The number of fused-ring (bicyclic) bond motifs is 1. The van der Waals surface area contributed by atoms with Crippen molar-refractivity contribution >= 4 is 39.1 Å². The number of hydrogen-bond acceptors (Lipinski definition) is 4. The third-order valence-electron chi connectivity index (χ3n) is 3.83. The lowest BCUT2D eigenvalue weighted by Crippen LogP contribution is -2.35. The highest BCUT2D eigenvalue weighted by Gasteiger charge is 2.19. The van der Waals surface area contributed by atoms with Crippen molar-refractivity contribution in [1.82, 2.24) is 9.55 Å². The van der Waals surface area contributed by atoms with Crippen molar-refractivity contribution in [3.05, 3.63) is 66.1 Å². The van der Waals surface area contributed by atoms with Crippen molar-refractivity contribution < 1.29 is 9.90 Å². The van der Waals surface area contributed by atoms with Gasteiger partial charge in [-0.1, -0.05) is 29.8 Å². The Morgan fingerprint density at radius 3 is 2.71 bits per heavy atom. The molecule has 0 radical (unpaired) electrons. The lowest BCUT2D eigenvalue weighted by atomic mass is 10.1. The molecule has 0 unspecified atom stereocenters. The quantitative estimate of drug-likeness (QED) is 0.744. The van der Waals surface area contributed by atoms with Crippen LogP contribution in [0.2, 0.25) is 5.02 Å². The lowest BCUT2D eigenvalue weighted by molar-refractivity contribution is 0.0701. The molecule has 0 bridgehead atoms. The smallest absolute Gasteiger partial charge is 0.346 e. The van der Waals surface area contributed by atoms with E-state index in [1.54, 1.807) is 19.1 Å². The maximum absolute atomic E-state index is 12.6. The number of carboxylic acid groups (broad SMARTS) is 1. The molecule has 2 N–H and O–H groups in total. The van der Waals surface area contributed by atoms with E-state index < -0.39 is 17.2 Å². The van der Waals surface area contributed by atoms with Crippen LogP contribution in [0.15, 0.2) is 33.9 Å². The van der Waals surface area contributed by atoms with Crippen LogP contribution in [0.3, 0.4) is 0 Å². The lowest BCUT2D eigenvalue weighted by Gasteiger charge is -2.06. The van der Waals surface area contributed by atoms with Gasteiger partial charge in [0, 0.05) is 11.6 Å². The van der Waals surface area contributed by atoms with E-state index in [4.69, 9.17) is 11.6 Å². The number of benzene rings is 1. The summed E-state index contributed by atoms with van der Waals surface area (Å²) >= 11 is 6.99. The van der Waals surface area contributed by atoms with Crippen LogP contribution < -0.4 is 11.2 Å². The Morgan fingerprint density at radius 1 is 1.33 bits per heavy atom. The number of aromatic carboxylic acids is 1. The van der Waals surface area contributed by atoms with Crippen LogP contribution in [0.25, 0.3) is 10.2 Å². The van der Waals surface area contributed by atoms with Gasteiger partial charge in [0.05, 0.1) is 5.39 Å². The van der Waals surface area contributed by atoms with Crippen LogP contribution in [0.1, 0.15) is 20.8 Å². The van der Waals surface area contributed by atoms with Gasteiger partial charge < -0.3 is 5.11 Å². The van der Waals surface area contributed by atoms with Gasteiger partial charge in [-0.05, 0) is 30.5 Å². The first-order valence-electron chi connectivity index (χ1n) is 7.13. The molecule has 124 valence electrons. The summed E-state index contributed by atoms with van der Waals surface area (Å²) in [6.07, 6.45) is 0.420. The Kier molecular flexibility index (Phi) is 4.29. The SMILES string of the molecule is Cc1c(C(=O)O)sc2[nH]c(=O)n(CCc3ccccc3Cl)c(=O)c12. The molecule has 0 saturated heterocycles. The van der Waals surface area contributed by atoms with E-state index in [1.807, 2.05) is 12.1 Å². The second-order valence-electron chi connectivity index (χ2n) is 5.29. The predicted molar refractivity (Wildman–Crippen MR) is 93.6 cm³/mol. The minimum Gasteiger partial charge on any atom is -0.477 e. The molecule has 3 aromatic rings. The Labute approximate surface area is 145 Å². The molecule has 0 fully saturated rings. The van der Waals surface area contributed by atoms with Gasteiger partial charge in [-0.2, -0.15) is 0 Å². The van der Waals surface area contributed by atoms with E-state index in [-0.39, 0.29) is 21.6 Å². The third kappa shape index (κ3) is 2.76. The van der Waals surface area contributed by atoms with Crippen LogP contribution in [-0.4, -0.2) is 20.6 Å². The maximum atomic E-state index is 12.6. The number of rotatable bonds is 4. The molecule has 1 aromatic carbocycles. The molecule has 6 nitrogen and oxygen atoms in total. The molecule has 8 heteroatoms. The largest absolute Gasteiger partial charge is 0.477 e. The number of carbonyl (C=O) groups is 1. The zero-order valence-corrected chi connectivity index (χ0v) is 14.2. The number of aryl methyl sites for hydroxylation is 2. The Morgan fingerprint density at radius 2 is 2.04 bits per heavy atom. The summed E-state index contributed by atoms with van der Waals surface area (Å²) < 4.78 is 1.08. The predicted octanol–water partition coefficient (Wildman–Crippen LogP) is 2.65. The van der Waals surface area contributed by atoms with Gasteiger partial charge in [-0.25, -0.2) is 9.59 Å². The van der Waals surface area contributed by atoms with Crippen molar-refractivity contribution in [2.45, 2.75) is 19.9 Å². The summed E-state index contributed by atoms with van der Waals surface area (Å²) in [6, 6.07) is 7.21. The van der Waals surface area contributed by atoms with Gasteiger partial charge in [0.15, 0.2) is 0 Å². The first kappa shape index (κ1) is 16.5. The van der Waals surface area contributed by atoms with Gasteiger partial charge in [0.25, 0.3) is 5.56 Å². The summed E-state index contributed by atoms with van der Waals surface area (Å²) in [6.45, 7) is 1.73. The number of nitrogens with one attached hydrogen (secondary N) is 1. The maximum Gasteiger partial charge on any atom is 0.346 e. The van der Waals surface area contributed by atoms with Crippen molar-refractivity contribution in [2.75, 3.05) is 0 Å². The molecule has 0 amide bonds. The van der Waals surface area contributed by atoms with Crippen LogP contribution in [0.4, 0.5) is 0 Å². The molecule has 0 aliphatic rings. The Balaban J connectivity index is 2.07. The topological polar surface area (TPSA) is 92.2 Å². The van der Waals surface area contributed by atoms with E-state index in [9.17, 15) is 19.5 Å². The highest BCUT2D eigenvalue weighted by atomic mass is 35.5. The molecule has 24 heavy (non-hydrogen) atoms. The summed E-state index contributed by atoms with van der Waals surface area (Å²) in [5.41, 5.74) is 0.161. The zero-order chi connectivity index (χ0) is 17.4. The molecular formula is C16H13ClN2O4S. The number of halogens is 1. The van der Waals surface area contributed by atoms with Crippen molar-refractivity contribution in [3.8, 4) is 0 Å². The molecule has 0 spiro atoms. The number of thiophene rings is 1. The summed E-state index contributed by atoms with van der Waals surface area (Å²) in [7, 11) is 0. The number of carboxylic acids is 1. The van der Waals surface area contributed by atoms with Gasteiger partial charge in [0.2, 0.25) is 0 Å². The van der Waals surface area contributed by atoms with Gasteiger partial charge >= 0.3 is 11.7 Å². The van der Waals surface area contributed by atoms with Crippen LogP contribution in [0, 0.1) is 6.92 Å². The molecule has 0 atom stereocenters. The van der Waals surface area contributed by atoms with Crippen LogP contribution >= 0.6 is 22.9 Å². The average molecular weight is 365 g/mol. The molecule has 3 rings (SSSR count). The van der Waals surface area contributed by atoms with E-state index in [2.05, 4.69) is 4.98 Å². The summed E-state index contributed by atoms with van der Waals surface area (Å²) in [5, 5.41) is 9.99. The van der Waals surface area contributed by atoms with E-state index in [1.165, 1.54) is 0 Å². The minimum atomic E-state index is -1.11. The zero-order valence-electron chi connectivity index (χ0n) is 12.6. The van der Waals surface area contributed by atoms with E-state index >= 15 is 0 Å². The van der Waals surface area contributed by atoms with E-state index in [0.717, 1.165) is 21.5 Å². The van der Waals surface area contributed by atoms with Gasteiger partial charge in [0.1, 0.15) is 9.71 Å². The first-order chi connectivity index (χ1) is 11.4. The summed E-state index contributed by atoms with van der Waals surface area (Å²) in [4.78, 5) is 39.0. The highest BCUT2D eigenvalue weighted by Crippen LogP contribution is 2.26. The highest BCUT2D eigenvalue weighted by molar-refractivity contribution is 7.20. The second kappa shape index (κ2) is 6.26. The van der Waals surface area contributed by atoms with Crippen LogP contribution in [0.5, 0.6) is 0 Å². The monoisotopic (exact) mass is 364 g/mol. The number of H-pyrrole nitrogens is 1. The fourth-order valence-electron chi connectivity index (χ4n) is 2.59. The van der Waals surface area contributed by atoms with Gasteiger partial charge in [-0.15, -0.1) is 11.3 Å². The van der Waals surface area contributed by atoms with E-state index in [0.29, 0.717) is 17.0 Å². The number of aromatic amines is 1.